The van der Waals surface area contributed by atoms with Crippen LogP contribution in [0.2, 0.25) is 0 Å². The average Bonchev–Trinajstić information content (AvgIpc) is 2.26. The second-order valence-electron chi connectivity index (χ2n) is 4.85. The SMILES string of the molecule is Cc1cncc(C(=O)N2CC(C(C)C(=O)O)C2)c1. The Labute approximate surface area is 105 Å². The largest absolute Gasteiger partial charge is 0.481 e. The highest BCUT2D eigenvalue weighted by atomic mass is 16.4. The maximum Gasteiger partial charge on any atom is 0.306 e. The number of pyridine rings is 1. The molecule has 18 heavy (non-hydrogen) atoms. The molecule has 0 bridgehead atoms. The van der Waals surface area contributed by atoms with E-state index in [1.165, 1.54) is 0 Å². The number of aromatic nitrogens is 1. The lowest BCUT2D eigenvalue weighted by Gasteiger charge is -2.41. The van der Waals surface area contributed by atoms with Gasteiger partial charge in [0.15, 0.2) is 0 Å². The van der Waals surface area contributed by atoms with Crippen LogP contribution in [0.15, 0.2) is 18.5 Å². The number of aryl methyl sites for hydroxylation is 1. The molecule has 0 radical (unpaired) electrons. The molecule has 1 aromatic rings. The van der Waals surface area contributed by atoms with E-state index in [1.54, 1.807) is 30.3 Å². The fourth-order valence-corrected chi connectivity index (χ4v) is 2.05. The minimum atomic E-state index is -0.802. The third-order valence-electron chi connectivity index (χ3n) is 3.42. The van der Waals surface area contributed by atoms with Gasteiger partial charge in [0.05, 0.1) is 11.5 Å². The highest BCUT2D eigenvalue weighted by Crippen LogP contribution is 2.25. The Morgan fingerprint density at radius 3 is 2.67 bits per heavy atom. The molecule has 5 nitrogen and oxygen atoms in total. The second-order valence-corrected chi connectivity index (χ2v) is 4.85. The minimum Gasteiger partial charge on any atom is -0.481 e. The Morgan fingerprint density at radius 2 is 2.11 bits per heavy atom. The highest BCUT2D eigenvalue weighted by molar-refractivity contribution is 5.94. The van der Waals surface area contributed by atoms with Crippen LogP contribution in [0.5, 0.6) is 0 Å². The van der Waals surface area contributed by atoms with Crippen LogP contribution in [0.25, 0.3) is 0 Å². The average molecular weight is 248 g/mol. The Bertz CT molecular complexity index is 481. The Hall–Kier alpha value is -1.91. The minimum absolute atomic E-state index is 0.0595. The lowest BCUT2D eigenvalue weighted by atomic mass is 9.86. The number of aliphatic carboxylic acids is 1. The van der Waals surface area contributed by atoms with E-state index in [2.05, 4.69) is 4.98 Å². The lowest BCUT2D eigenvalue weighted by Crippen LogP contribution is -2.53. The number of rotatable bonds is 3. The third kappa shape index (κ3) is 2.34. The summed E-state index contributed by atoms with van der Waals surface area (Å²) < 4.78 is 0. The van der Waals surface area contributed by atoms with Gasteiger partial charge in [-0.05, 0) is 18.6 Å². The number of carboxylic acids is 1. The van der Waals surface area contributed by atoms with Gasteiger partial charge in [-0.1, -0.05) is 6.92 Å². The van der Waals surface area contributed by atoms with E-state index in [0.717, 1.165) is 5.56 Å². The Morgan fingerprint density at radius 1 is 1.44 bits per heavy atom. The monoisotopic (exact) mass is 248 g/mol. The van der Waals surface area contributed by atoms with Crippen molar-refractivity contribution in [3.8, 4) is 0 Å². The van der Waals surface area contributed by atoms with Crippen LogP contribution in [-0.4, -0.2) is 40.0 Å². The fraction of sp³-hybridized carbons (Fsp3) is 0.462. The molecule has 1 unspecified atom stereocenters. The number of likely N-dealkylation sites (tertiary alicyclic amines) is 1. The van der Waals surface area contributed by atoms with E-state index >= 15 is 0 Å². The molecule has 1 aliphatic rings. The molecule has 1 aromatic heterocycles. The first kappa shape index (κ1) is 12.5. The van der Waals surface area contributed by atoms with Crippen molar-refractivity contribution in [2.24, 2.45) is 11.8 Å². The maximum absolute atomic E-state index is 12.1. The Balaban J connectivity index is 1.96. The number of carbonyl (C=O) groups excluding carboxylic acids is 1. The van der Waals surface area contributed by atoms with Crippen LogP contribution in [0.4, 0.5) is 0 Å². The number of hydrogen-bond acceptors (Lipinski definition) is 3. The van der Waals surface area contributed by atoms with Crippen molar-refractivity contribution in [3.05, 3.63) is 29.6 Å². The van der Waals surface area contributed by atoms with Crippen molar-refractivity contribution in [1.29, 1.82) is 0 Å². The van der Waals surface area contributed by atoms with Gasteiger partial charge in [0, 0.05) is 31.4 Å². The molecule has 1 amide bonds. The number of carbonyl (C=O) groups is 2. The van der Waals surface area contributed by atoms with Gasteiger partial charge >= 0.3 is 5.97 Å². The summed E-state index contributed by atoms with van der Waals surface area (Å²) in [5, 5.41) is 8.88. The van der Waals surface area contributed by atoms with Gasteiger partial charge < -0.3 is 10.0 Å². The first-order chi connectivity index (χ1) is 8.49. The summed E-state index contributed by atoms with van der Waals surface area (Å²) in [4.78, 5) is 28.5. The van der Waals surface area contributed by atoms with Crippen LogP contribution in [0, 0.1) is 18.8 Å². The smallest absolute Gasteiger partial charge is 0.306 e. The van der Waals surface area contributed by atoms with Gasteiger partial charge in [0.1, 0.15) is 0 Å². The fourth-order valence-electron chi connectivity index (χ4n) is 2.05. The molecule has 1 atom stereocenters. The number of nitrogens with zero attached hydrogens (tertiary/aromatic N) is 2. The number of carboxylic acid groups (broad SMARTS) is 1. The van der Waals surface area contributed by atoms with Crippen molar-refractivity contribution in [1.82, 2.24) is 9.88 Å². The van der Waals surface area contributed by atoms with Gasteiger partial charge in [-0.2, -0.15) is 0 Å². The summed E-state index contributed by atoms with van der Waals surface area (Å²) in [6, 6.07) is 1.79. The molecule has 1 aliphatic heterocycles. The molecule has 0 saturated carbocycles. The van der Waals surface area contributed by atoms with Crippen molar-refractivity contribution < 1.29 is 14.7 Å². The van der Waals surface area contributed by atoms with Gasteiger partial charge in [0.2, 0.25) is 0 Å². The van der Waals surface area contributed by atoms with Crippen LogP contribution in [-0.2, 0) is 4.79 Å². The predicted molar refractivity (Wildman–Crippen MR) is 65.2 cm³/mol. The van der Waals surface area contributed by atoms with Gasteiger partial charge in [0.25, 0.3) is 5.91 Å². The van der Waals surface area contributed by atoms with Gasteiger partial charge in [-0.15, -0.1) is 0 Å². The van der Waals surface area contributed by atoms with Gasteiger partial charge in [-0.25, -0.2) is 0 Å². The first-order valence-electron chi connectivity index (χ1n) is 5.92. The third-order valence-corrected chi connectivity index (χ3v) is 3.42. The summed E-state index contributed by atoms with van der Waals surface area (Å²) >= 11 is 0. The van der Waals surface area contributed by atoms with E-state index in [4.69, 9.17) is 5.11 Å². The van der Waals surface area contributed by atoms with Crippen molar-refractivity contribution in [2.75, 3.05) is 13.1 Å². The van der Waals surface area contributed by atoms with E-state index in [9.17, 15) is 9.59 Å². The van der Waals surface area contributed by atoms with Crippen molar-refractivity contribution in [3.63, 3.8) is 0 Å². The summed E-state index contributed by atoms with van der Waals surface area (Å²) in [5.74, 6) is -1.21. The standard InChI is InChI=1S/C13H16N2O3/c1-8-3-10(5-14-4-8)12(16)15-6-11(7-15)9(2)13(17)18/h3-5,9,11H,6-7H2,1-2H3,(H,17,18). The molecular weight excluding hydrogens is 232 g/mol. The van der Waals surface area contributed by atoms with Crippen LogP contribution >= 0.6 is 0 Å². The maximum atomic E-state index is 12.1. The molecule has 1 fully saturated rings. The van der Waals surface area contributed by atoms with E-state index in [0.29, 0.717) is 18.7 Å². The van der Waals surface area contributed by atoms with E-state index in [1.807, 2.05) is 6.92 Å². The molecule has 0 aliphatic carbocycles. The topological polar surface area (TPSA) is 70.5 Å². The van der Waals surface area contributed by atoms with Gasteiger partial charge in [-0.3, -0.25) is 14.6 Å². The normalized spacial score (nSPS) is 17.1. The summed E-state index contributed by atoms with van der Waals surface area (Å²) in [7, 11) is 0. The van der Waals surface area contributed by atoms with E-state index in [-0.39, 0.29) is 11.8 Å². The quantitative estimate of drug-likeness (QED) is 0.872. The molecule has 1 N–H and O–H groups in total. The molecule has 2 heterocycles. The zero-order valence-electron chi connectivity index (χ0n) is 10.5. The summed E-state index contributed by atoms with van der Waals surface area (Å²) in [6.45, 7) is 4.60. The van der Waals surface area contributed by atoms with Crippen LogP contribution < -0.4 is 0 Å². The molecule has 0 aromatic carbocycles. The number of amides is 1. The molecular formula is C13H16N2O3. The van der Waals surface area contributed by atoms with Crippen LogP contribution in [0.1, 0.15) is 22.8 Å². The first-order valence-corrected chi connectivity index (χ1v) is 5.92. The van der Waals surface area contributed by atoms with Crippen molar-refractivity contribution in [2.45, 2.75) is 13.8 Å². The molecule has 0 spiro atoms. The molecule has 2 rings (SSSR count). The predicted octanol–water partition coefficient (Wildman–Crippen LogP) is 1.18. The zero-order valence-corrected chi connectivity index (χ0v) is 10.5. The number of hydrogen-bond donors (Lipinski definition) is 1. The lowest BCUT2D eigenvalue weighted by molar-refractivity contribution is -0.144. The molecule has 5 heteroatoms. The molecule has 96 valence electrons. The highest BCUT2D eigenvalue weighted by Gasteiger charge is 2.37. The zero-order chi connectivity index (χ0) is 13.3. The summed E-state index contributed by atoms with van der Waals surface area (Å²) in [6.07, 6.45) is 3.24. The van der Waals surface area contributed by atoms with Crippen molar-refractivity contribution >= 4 is 11.9 Å². The Kier molecular flexibility index (Phi) is 3.32. The second kappa shape index (κ2) is 4.76. The summed E-state index contributed by atoms with van der Waals surface area (Å²) in [5.41, 5.74) is 1.51. The van der Waals surface area contributed by atoms with E-state index < -0.39 is 11.9 Å². The van der Waals surface area contributed by atoms with Crippen LogP contribution in [0.3, 0.4) is 0 Å². The molecule has 1 saturated heterocycles.